The van der Waals surface area contributed by atoms with Crippen LogP contribution in [0.5, 0.6) is 5.19 Å². The molecular formula is C19H16ClFN2O2S. The number of fused-ring (bicyclic) bond motifs is 1. The van der Waals surface area contributed by atoms with Gasteiger partial charge >= 0.3 is 0 Å². The summed E-state index contributed by atoms with van der Waals surface area (Å²) in [6, 6.07) is 11.6. The Hall–Kier alpha value is -2.18. The minimum absolute atomic E-state index is 0.00398. The molecule has 26 heavy (non-hydrogen) atoms. The van der Waals surface area contributed by atoms with Gasteiger partial charge in [-0.2, -0.15) is 0 Å². The fourth-order valence-electron chi connectivity index (χ4n) is 3.05. The van der Waals surface area contributed by atoms with Crippen LogP contribution in [-0.4, -0.2) is 35.0 Å². The number of nitrogens with zero attached hydrogens (tertiary/aromatic N) is 2. The van der Waals surface area contributed by atoms with Gasteiger partial charge in [-0.05, 0) is 30.3 Å². The van der Waals surface area contributed by atoms with Crippen molar-refractivity contribution in [2.45, 2.75) is 18.9 Å². The third-order valence-corrected chi connectivity index (χ3v) is 5.67. The second kappa shape index (κ2) is 7.21. The highest BCUT2D eigenvalue weighted by atomic mass is 35.5. The van der Waals surface area contributed by atoms with Gasteiger partial charge in [-0.1, -0.05) is 35.1 Å². The van der Waals surface area contributed by atoms with E-state index in [9.17, 15) is 9.18 Å². The summed E-state index contributed by atoms with van der Waals surface area (Å²) in [4.78, 5) is 18.8. The van der Waals surface area contributed by atoms with Gasteiger partial charge in [0, 0.05) is 25.9 Å². The molecule has 1 saturated heterocycles. The summed E-state index contributed by atoms with van der Waals surface area (Å²) in [6.07, 6.45) is 1.44. The molecule has 0 spiro atoms. The third-order valence-electron chi connectivity index (χ3n) is 4.43. The molecule has 4 rings (SSSR count). The van der Waals surface area contributed by atoms with Crippen LogP contribution in [0.3, 0.4) is 0 Å². The highest BCUT2D eigenvalue weighted by Crippen LogP contribution is 2.30. The van der Waals surface area contributed by atoms with Gasteiger partial charge < -0.3 is 9.64 Å². The number of carbonyl (C=O) groups excluding carboxylic acids is 1. The van der Waals surface area contributed by atoms with Gasteiger partial charge in [-0.15, -0.1) is 0 Å². The zero-order valence-corrected chi connectivity index (χ0v) is 15.4. The van der Waals surface area contributed by atoms with E-state index in [0.29, 0.717) is 28.9 Å². The Labute approximate surface area is 159 Å². The highest BCUT2D eigenvalue weighted by molar-refractivity contribution is 7.20. The van der Waals surface area contributed by atoms with Crippen LogP contribution in [0, 0.1) is 5.82 Å². The summed E-state index contributed by atoms with van der Waals surface area (Å²) in [5.74, 6) is -0.330. The van der Waals surface area contributed by atoms with Gasteiger partial charge in [-0.25, -0.2) is 9.37 Å². The van der Waals surface area contributed by atoms with E-state index in [1.807, 2.05) is 12.1 Å². The van der Waals surface area contributed by atoms with E-state index in [1.54, 1.807) is 23.1 Å². The minimum Gasteiger partial charge on any atom is -0.467 e. The SMILES string of the molecule is O=C(c1ccccc1Cl)N1CCC(Oc2nc3ccc(F)cc3s2)CC1. The Morgan fingerprint density at radius 2 is 2.00 bits per heavy atom. The van der Waals surface area contributed by atoms with Gasteiger partial charge in [0.25, 0.3) is 11.1 Å². The average molecular weight is 391 g/mol. The molecule has 0 unspecified atom stereocenters. The van der Waals surface area contributed by atoms with E-state index in [4.69, 9.17) is 16.3 Å². The van der Waals surface area contributed by atoms with Gasteiger partial charge in [0.1, 0.15) is 11.9 Å². The first-order chi connectivity index (χ1) is 12.6. The molecule has 7 heteroatoms. The number of hydrogen-bond donors (Lipinski definition) is 0. The molecule has 0 N–H and O–H groups in total. The van der Waals surface area contributed by atoms with Crippen molar-refractivity contribution in [1.82, 2.24) is 9.88 Å². The number of hydrogen-bond acceptors (Lipinski definition) is 4. The Kier molecular flexibility index (Phi) is 4.78. The minimum atomic E-state index is -0.279. The summed E-state index contributed by atoms with van der Waals surface area (Å²) in [7, 11) is 0. The van der Waals surface area contributed by atoms with Crippen molar-refractivity contribution in [2.75, 3.05) is 13.1 Å². The Morgan fingerprint density at radius 1 is 1.23 bits per heavy atom. The number of ether oxygens (including phenoxy) is 1. The quantitative estimate of drug-likeness (QED) is 0.646. The first kappa shape index (κ1) is 17.2. The van der Waals surface area contributed by atoms with Crippen molar-refractivity contribution >= 4 is 39.1 Å². The lowest BCUT2D eigenvalue weighted by Gasteiger charge is -2.31. The highest BCUT2D eigenvalue weighted by Gasteiger charge is 2.26. The van der Waals surface area contributed by atoms with Crippen molar-refractivity contribution in [3.05, 3.63) is 58.9 Å². The largest absolute Gasteiger partial charge is 0.467 e. The van der Waals surface area contributed by atoms with Crippen LogP contribution in [-0.2, 0) is 0 Å². The van der Waals surface area contributed by atoms with Crippen molar-refractivity contribution in [3.8, 4) is 5.19 Å². The number of likely N-dealkylation sites (tertiary alicyclic amines) is 1. The number of carbonyl (C=O) groups is 1. The van der Waals surface area contributed by atoms with E-state index >= 15 is 0 Å². The van der Waals surface area contributed by atoms with Crippen LogP contribution in [0.25, 0.3) is 10.2 Å². The molecule has 1 fully saturated rings. The Bertz CT molecular complexity index is 954. The summed E-state index contributed by atoms with van der Waals surface area (Å²) in [6.45, 7) is 1.21. The standard InChI is InChI=1S/C19H16ClFN2O2S/c20-15-4-2-1-3-14(15)18(24)23-9-7-13(8-10-23)25-19-22-16-6-5-12(21)11-17(16)26-19/h1-6,11,13H,7-10H2. The molecule has 0 aliphatic carbocycles. The zero-order valence-electron chi connectivity index (χ0n) is 13.8. The zero-order chi connectivity index (χ0) is 18.1. The van der Waals surface area contributed by atoms with Crippen LogP contribution in [0.4, 0.5) is 4.39 Å². The van der Waals surface area contributed by atoms with E-state index < -0.39 is 0 Å². The van der Waals surface area contributed by atoms with E-state index in [-0.39, 0.29) is 17.8 Å². The average Bonchev–Trinajstić information content (AvgIpc) is 3.03. The molecule has 134 valence electrons. The maximum absolute atomic E-state index is 13.3. The van der Waals surface area contributed by atoms with Crippen molar-refractivity contribution in [1.29, 1.82) is 0 Å². The second-order valence-corrected chi connectivity index (χ2v) is 7.58. The predicted molar refractivity (Wildman–Crippen MR) is 101 cm³/mol. The molecule has 1 aliphatic heterocycles. The fraction of sp³-hybridized carbons (Fsp3) is 0.263. The molecule has 2 heterocycles. The summed E-state index contributed by atoms with van der Waals surface area (Å²) in [5, 5.41) is 1.01. The molecule has 1 aliphatic rings. The predicted octanol–water partition coefficient (Wildman–Crippen LogP) is 4.77. The van der Waals surface area contributed by atoms with Crippen molar-refractivity contribution < 1.29 is 13.9 Å². The van der Waals surface area contributed by atoms with Gasteiger partial charge in [0.15, 0.2) is 0 Å². The summed E-state index contributed by atoms with van der Waals surface area (Å²) >= 11 is 7.46. The molecule has 4 nitrogen and oxygen atoms in total. The van der Waals surface area contributed by atoms with Gasteiger partial charge in [-0.3, -0.25) is 4.79 Å². The van der Waals surface area contributed by atoms with Crippen LogP contribution in [0.1, 0.15) is 23.2 Å². The fourth-order valence-corrected chi connectivity index (χ4v) is 4.17. The number of benzene rings is 2. The molecule has 0 bridgehead atoms. The van der Waals surface area contributed by atoms with Crippen molar-refractivity contribution in [3.63, 3.8) is 0 Å². The smallest absolute Gasteiger partial charge is 0.274 e. The number of halogens is 2. The Morgan fingerprint density at radius 3 is 2.77 bits per heavy atom. The van der Waals surface area contributed by atoms with E-state index in [2.05, 4.69) is 4.98 Å². The normalized spacial score (nSPS) is 15.4. The summed E-state index contributed by atoms with van der Waals surface area (Å²) in [5.41, 5.74) is 1.26. The second-order valence-electron chi connectivity index (χ2n) is 6.18. The molecule has 3 aromatic rings. The lowest BCUT2D eigenvalue weighted by atomic mass is 10.1. The molecule has 2 aromatic carbocycles. The third kappa shape index (κ3) is 3.52. The number of rotatable bonds is 3. The van der Waals surface area contributed by atoms with Crippen molar-refractivity contribution in [2.24, 2.45) is 0 Å². The van der Waals surface area contributed by atoms with E-state index in [1.165, 1.54) is 23.5 Å². The molecule has 0 atom stereocenters. The maximum Gasteiger partial charge on any atom is 0.274 e. The van der Waals surface area contributed by atoms with E-state index in [0.717, 1.165) is 23.1 Å². The molecule has 1 aromatic heterocycles. The van der Waals surface area contributed by atoms with Crippen LogP contribution < -0.4 is 4.74 Å². The topological polar surface area (TPSA) is 42.4 Å². The number of thiazole rings is 1. The Balaban J connectivity index is 1.38. The number of amides is 1. The molecular weight excluding hydrogens is 375 g/mol. The number of aromatic nitrogens is 1. The van der Waals surface area contributed by atoms with Crippen LogP contribution in [0.2, 0.25) is 5.02 Å². The summed E-state index contributed by atoms with van der Waals surface area (Å²) < 4.78 is 20.0. The van der Waals surface area contributed by atoms with Crippen LogP contribution in [0.15, 0.2) is 42.5 Å². The molecule has 0 radical (unpaired) electrons. The van der Waals surface area contributed by atoms with Gasteiger partial charge in [0.2, 0.25) is 0 Å². The number of piperidine rings is 1. The first-order valence-corrected chi connectivity index (χ1v) is 9.56. The lowest BCUT2D eigenvalue weighted by molar-refractivity contribution is 0.0595. The first-order valence-electron chi connectivity index (χ1n) is 8.37. The molecule has 1 amide bonds. The lowest BCUT2D eigenvalue weighted by Crippen LogP contribution is -2.41. The van der Waals surface area contributed by atoms with Crippen LogP contribution >= 0.6 is 22.9 Å². The monoisotopic (exact) mass is 390 g/mol. The molecule has 0 saturated carbocycles. The van der Waals surface area contributed by atoms with Gasteiger partial charge in [0.05, 0.1) is 20.8 Å². The maximum atomic E-state index is 13.3.